The fourth-order valence-corrected chi connectivity index (χ4v) is 7.28. The molecule has 0 saturated carbocycles. The Balaban J connectivity index is -0.0000000334. The zero-order chi connectivity index (χ0) is 87.3. The minimum Gasteiger partial charge on any atom is -0.726 e. The van der Waals surface area contributed by atoms with Crippen LogP contribution in [0.5, 0.6) is 0 Å². The van der Waals surface area contributed by atoms with Crippen LogP contribution in [0.2, 0.25) is 0 Å². The van der Waals surface area contributed by atoms with Crippen LogP contribution in [0.4, 0.5) is 18.9 Å². The quantitative estimate of drug-likeness (QED) is 0.00587. The van der Waals surface area contributed by atoms with Crippen LogP contribution < -0.4 is 100.0 Å². The normalized spacial score (nSPS) is 8.91. The van der Waals surface area contributed by atoms with Gasteiger partial charge in [0.2, 0.25) is 25.6 Å². The molecule has 0 aliphatic carbocycles. The largest absolute Gasteiger partial charge is 1.00 e. The second kappa shape index (κ2) is 143. The molecule has 27 nitrogen and oxygen atoms in total. The number of ether oxygens (including phenoxy) is 3. The van der Waals surface area contributed by atoms with Crippen molar-refractivity contribution in [1.29, 1.82) is 0 Å². The first kappa shape index (κ1) is 199. The minimum absolute atomic E-state index is 0. The van der Waals surface area contributed by atoms with Gasteiger partial charge in [-0.05, 0) is 76.3 Å². The van der Waals surface area contributed by atoms with Crippen molar-refractivity contribution in [1.82, 2.24) is 0 Å². The summed E-state index contributed by atoms with van der Waals surface area (Å²) in [4.78, 5) is 29.2. The Bertz CT molecular complexity index is 3000. The monoisotopic (exact) mass is 2090 g/mol. The Morgan fingerprint density at radius 2 is 0.824 bits per heavy atom. The Hall–Kier alpha value is -1.35. The van der Waals surface area contributed by atoms with Crippen LogP contribution in [0.25, 0.3) is 0 Å². The summed E-state index contributed by atoms with van der Waals surface area (Å²) in [5.74, 6) is -2.77. The molecular formula is C84H190BrCl3F3KN4NaO23S5+3. The number of pyridine rings is 3. The van der Waals surface area contributed by atoms with Gasteiger partial charge in [-0.25, -0.2) is 40.1 Å². The molecule has 0 aromatic carbocycles. The Morgan fingerprint density at radius 1 is 0.504 bits per heavy atom. The number of nitrogens with zero attached hydrogens (tertiary/aromatic N) is 3. The van der Waals surface area contributed by atoms with E-state index in [-0.39, 0.29) is 216 Å². The molecule has 0 bridgehead atoms. The number of carbonyl (C=O) groups excluding carboxylic acids is 3. The van der Waals surface area contributed by atoms with E-state index in [2.05, 4.69) is 139 Å². The third kappa shape index (κ3) is 222. The minimum atomic E-state index is -4.85. The van der Waals surface area contributed by atoms with Gasteiger partial charge in [-0.15, -0.1) is 18.2 Å². The van der Waals surface area contributed by atoms with E-state index in [0.29, 0.717) is 51.2 Å². The number of hydrogen-bond acceptors (Lipinski definition) is 22. The summed E-state index contributed by atoms with van der Waals surface area (Å²) in [5, 5.41) is 3.76. The average molecular weight is 2090 g/mol. The van der Waals surface area contributed by atoms with Crippen molar-refractivity contribution < 1.29 is 209 Å². The average Bonchev–Trinajstić information content (AvgIpc) is 0.926. The molecule has 0 aliphatic rings. The third-order valence-corrected chi connectivity index (χ3v) is 14.2. The van der Waals surface area contributed by atoms with Crippen LogP contribution in [-0.2, 0) is 118 Å². The second-order valence-corrected chi connectivity index (χ2v) is 30.4. The summed E-state index contributed by atoms with van der Waals surface area (Å²) in [6.07, 6.45) is 26.2. The molecule has 0 radical (unpaired) electrons. The molecule has 0 spiro atoms. The number of alkyl halides is 7. The van der Waals surface area contributed by atoms with Crippen LogP contribution in [0.15, 0.2) is 92.3 Å². The maximum absolute atomic E-state index is 11.3. The van der Waals surface area contributed by atoms with Gasteiger partial charge in [0.1, 0.15) is 25.5 Å². The summed E-state index contributed by atoms with van der Waals surface area (Å²) in [6, 6.07) is 13.5. The number of hydrogen-bond donors (Lipinski definition) is 3. The zero-order valence-corrected chi connectivity index (χ0v) is 82.6. The Morgan fingerprint density at radius 3 is 1.06 bits per heavy atom. The smallest absolute Gasteiger partial charge is 0.726 e. The molecule has 0 saturated heterocycles. The van der Waals surface area contributed by atoms with Crippen LogP contribution in [-0.4, -0.2) is 158 Å². The van der Waals surface area contributed by atoms with Crippen molar-refractivity contribution in [2.24, 2.45) is 0 Å². The molecule has 0 atom stereocenters. The number of carbonyl (C=O) groups is 3. The zero-order valence-electron chi connectivity index (χ0n) is 69.6. The fourth-order valence-electron chi connectivity index (χ4n) is 5.10. The molecule has 0 fully saturated rings. The molecule has 0 unspecified atom stereocenters. The van der Waals surface area contributed by atoms with Crippen molar-refractivity contribution in [2.45, 2.75) is 361 Å². The second-order valence-electron chi connectivity index (χ2n) is 21.4. The predicted octanol–water partition coefficient (Wildman–Crippen LogP) is 18.7. The first-order chi connectivity index (χ1) is 50.6. The first-order valence-electron chi connectivity index (χ1n) is 35.8. The van der Waals surface area contributed by atoms with Gasteiger partial charge in [-0.3, -0.25) is 26.4 Å². The number of nitrogens with one attached hydrogen (secondary N) is 1. The molecule has 3 aromatic heterocycles. The number of aryl methyl sites for hydroxylation is 4. The van der Waals surface area contributed by atoms with E-state index in [1.165, 1.54) is 51.9 Å². The summed E-state index contributed by atoms with van der Waals surface area (Å²) < 4.78 is 202. The van der Waals surface area contributed by atoms with E-state index in [9.17, 15) is 78.7 Å². The molecule has 0 aliphatic heterocycles. The molecule has 41 heteroatoms. The number of anilines is 1. The standard InChI is InChI=1S/C10H15NO3S.C9H14N2O3S.C8H12N.C5H8Cl2O2.C5H7F3O2.C5H10O2.C5H12.C4H10O3S.C4H10.C3H7Br.C3H7Cl.2C3H8O4S.C3H6.14CH4.K.Na/c1-2-6-11-7-3-10(4-8-11)5-9-15(12,13)14;1-2-5-11-6-3-4-9(7-11)10-8-15(12,13)14;1-2-6-9-7-4-3-5-8-9;1-2-3-9-5(8)4(6)7;1-2-3-10-4(9)5(6,7)8;1-3-4-7-5(2)6;1-3-5-4-2;1-3-4-7-8(2,5)6;1-3-4-2;2*1-2-3-4;2*1-2-3-7-8(4,5)6;1-3-2;;;;;;;;;;;;;;;;/h3-4,7-8H,2,5-6,9H2,1H3;3-4,6-7,10H,2,5,8H2,1H3;3-5,7-8H,2,6H2,1H3;4H,2-3H2,1H3;2-3H2,1H3;3-4H2,1-2H3;3-5H2,1-2H3;3-4H2,1-2H3;3-4H2,1-2H3;2*2-3H2,1H3;2*2-3H2,1H3,(H,4,5,6);3H,1H2,2H3;14*1H4;;/q;;+1;;;;;;;;;;;;;;;;;;;;;;;;;;2*+1. The van der Waals surface area contributed by atoms with Crippen LogP contribution >= 0.6 is 50.7 Å². The van der Waals surface area contributed by atoms with Crippen LogP contribution in [0.3, 0.4) is 0 Å². The number of aromatic nitrogens is 3. The number of rotatable bonds is 33. The van der Waals surface area contributed by atoms with Crippen molar-refractivity contribution in [3.63, 3.8) is 0 Å². The maximum atomic E-state index is 11.3. The van der Waals surface area contributed by atoms with Crippen LogP contribution in [0, 0.1) is 0 Å². The molecule has 3 heterocycles. The Labute approximate surface area is 859 Å². The van der Waals surface area contributed by atoms with Crippen molar-refractivity contribution in [3.05, 3.63) is 97.9 Å². The SMILES string of the molecule is C.C.C.C.C.C.C.C.C.C.C.C.C.C.C=CC.CCCBr.CCCC.CCCCC.CCCCl.CCCOC(=O)C(Cl)Cl.CCCOC(=O)C(F)(F)F.CCCOC(C)=O.CCCOS(=O)(=O)[O-].CCCOS(=O)(=O)[O-].CCCOS(C)(=O)=O.CCC[n+]1ccc(CCS(=O)(=O)O)cc1.CCC[n+]1cccc(NCS(=O)(=O)O)c1.CCC[n+]1ccccc1.[K+].[Na+]. The van der Waals surface area contributed by atoms with Gasteiger partial charge in [0.15, 0.2) is 37.2 Å². The van der Waals surface area contributed by atoms with Gasteiger partial charge in [0, 0.05) is 67.7 Å². The summed E-state index contributed by atoms with van der Waals surface area (Å²) >= 11 is 18.7. The van der Waals surface area contributed by atoms with Gasteiger partial charge in [0.25, 0.3) is 30.4 Å². The maximum Gasteiger partial charge on any atom is 1.00 e. The van der Waals surface area contributed by atoms with E-state index in [1.54, 1.807) is 39.1 Å². The Kier molecular flexibility index (Phi) is 228. The summed E-state index contributed by atoms with van der Waals surface area (Å²) in [6.45, 7) is 40.7. The number of esters is 3. The fraction of sp³-hybridized carbons (Fsp3) is 0.762. The van der Waals surface area contributed by atoms with Gasteiger partial charge in [-0.1, -0.05) is 291 Å². The predicted molar refractivity (Wildman–Crippen MR) is 526 cm³/mol. The molecule has 0 amide bonds. The molecule has 3 rings (SSSR count). The van der Waals surface area contributed by atoms with Crippen molar-refractivity contribution >= 4 is 125 Å². The third-order valence-electron chi connectivity index (χ3n) is 9.90. The molecule has 762 valence electrons. The summed E-state index contributed by atoms with van der Waals surface area (Å²) in [5.41, 5.74) is 1.59. The molecule has 3 N–H and O–H groups in total. The van der Waals surface area contributed by atoms with Gasteiger partial charge >= 0.3 is 105 Å². The number of unbranched alkanes of at least 4 members (excludes halogenated alkanes) is 3. The number of halogens is 7. The molecule has 125 heavy (non-hydrogen) atoms. The van der Waals surface area contributed by atoms with E-state index in [4.69, 9.17) is 43.9 Å². The summed E-state index contributed by atoms with van der Waals surface area (Å²) in [7, 11) is -19.9. The molecule has 3 aromatic rings. The van der Waals surface area contributed by atoms with E-state index in [0.717, 1.165) is 81.2 Å². The number of allylic oxidation sites excluding steroid dienone is 1. The van der Waals surface area contributed by atoms with E-state index in [1.807, 2.05) is 86.6 Å². The van der Waals surface area contributed by atoms with Gasteiger partial charge < -0.3 is 28.6 Å². The van der Waals surface area contributed by atoms with Crippen molar-refractivity contribution in [2.75, 3.05) is 74.1 Å². The first-order valence-corrected chi connectivity index (χ1v) is 46.0. The molecular weight excluding hydrogens is 1900 g/mol. The topological polar surface area (TPSA) is 388 Å². The van der Waals surface area contributed by atoms with Gasteiger partial charge in [0.05, 0.1) is 57.3 Å². The van der Waals surface area contributed by atoms with Crippen LogP contribution in [0.1, 0.15) is 330 Å². The van der Waals surface area contributed by atoms with E-state index >= 15 is 0 Å². The van der Waals surface area contributed by atoms with E-state index < -0.39 is 80.0 Å². The van der Waals surface area contributed by atoms with Gasteiger partial charge in [-0.2, -0.15) is 38.4 Å². The van der Waals surface area contributed by atoms with Crippen molar-refractivity contribution in [3.8, 4) is 0 Å².